The molecule has 17 nitrogen and oxygen atoms in total. The highest BCUT2D eigenvalue weighted by atomic mass is 16.6. The molecule has 0 unspecified atom stereocenters. The van der Waals surface area contributed by atoms with Gasteiger partial charge < -0.3 is 37.9 Å². The van der Waals surface area contributed by atoms with E-state index in [1.165, 1.54) is 7.05 Å². The first-order valence-electron chi connectivity index (χ1n) is 15.1. The zero-order chi connectivity index (χ0) is 36.1. The number of hydrogen-bond donors (Lipinski definition) is 4. The van der Waals surface area contributed by atoms with E-state index in [4.69, 9.17) is 27.3 Å². The zero-order valence-corrected chi connectivity index (χ0v) is 26.5. The van der Waals surface area contributed by atoms with Crippen LogP contribution in [0.3, 0.4) is 0 Å². The molecule has 3 atom stereocenters. The second kappa shape index (κ2) is 17.6. The van der Waals surface area contributed by atoms with E-state index in [0.29, 0.717) is 12.4 Å². The number of nitrogens with zero attached hydrogens (tertiary/aromatic N) is 5. The van der Waals surface area contributed by atoms with Crippen molar-refractivity contribution < 1.29 is 47.9 Å². The fourth-order valence-electron chi connectivity index (χ4n) is 5.27. The molecule has 49 heavy (non-hydrogen) atoms. The number of nitrogens with two attached hydrogens (primary N) is 2. The van der Waals surface area contributed by atoms with E-state index < -0.39 is 71.9 Å². The van der Waals surface area contributed by atoms with E-state index >= 15 is 0 Å². The number of amides is 5. The van der Waals surface area contributed by atoms with Crippen molar-refractivity contribution in [3.8, 4) is 11.1 Å². The van der Waals surface area contributed by atoms with Crippen molar-refractivity contribution >= 4 is 53.7 Å². The Bertz CT molecular complexity index is 1690. The number of ether oxygens (including phenoxy) is 1. The van der Waals surface area contributed by atoms with Gasteiger partial charge in [0.1, 0.15) is 18.1 Å². The molecule has 0 aliphatic heterocycles. The Morgan fingerprint density at radius 2 is 1.29 bits per heavy atom. The molecule has 2 aromatic carbocycles. The molecule has 17 heteroatoms. The number of likely N-dealkylation sites (N-methyl/N-ethyl adjacent to an activating group) is 1. The summed E-state index contributed by atoms with van der Waals surface area (Å²) in [5.74, 6) is -4.97. The van der Waals surface area contributed by atoms with Gasteiger partial charge in [0, 0.05) is 37.4 Å². The summed E-state index contributed by atoms with van der Waals surface area (Å²) in [6, 6.07) is 10.8. The third-order valence-corrected chi connectivity index (χ3v) is 7.80. The number of carbonyl (C=O) groups excluding carboxylic acids is 7. The smallest absolute Gasteiger partial charge is 0.411 e. The minimum Gasteiger partial charge on any atom is -0.436 e. The second-order valence-corrected chi connectivity index (χ2v) is 11.1. The Hall–Kier alpha value is -6.31. The van der Waals surface area contributed by atoms with Gasteiger partial charge in [-0.05, 0) is 30.4 Å². The summed E-state index contributed by atoms with van der Waals surface area (Å²) in [6.45, 7) is 0. The molecule has 0 spiro atoms. The predicted molar refractivity (Wildman–Crippen MR) is 171 cm³/mol. The van der Waals surface area contributed by atoms with Gasteiger partial charge >= 0.3 is 18.5 Å². The van der Waals surface area contributed by atoms with Gasteiger partial charge in [0.2, 0.25) is 35.2 Å². The Labute approximate surface area is 280 Å². The third kappa shape index (κ3) is 10.1. The molecule has 256 valence electrons. The summed E-state index contributed by atoms with van der Waals surface area (Å²) in [5.41, 5.74) is 31.4. The number of nitrogens with one attached hydrogen (secondary N) is 2. The summed E-state index contributed by atoms with van der Waals surface area (Å²) in [7, 11) is 1.30. The molecule has 0 radical (unpaired) electrons. The maximum absolute atomic E-state index is 13.3. The van der Waals surface area contributed by atoms with Gasteiger partial charge in [0.05, 0.1) is 0 Å². The predicted octanol–water partition coefficient (Wildman–Crippen LogP) is 0.214. The summed E-state index contributed by atoms with van der Waals surface area (Å²) in [4.78, 5) is 93.5. The number of benzene rings is 2. The lowest BCUT2D eigenvalue weighted by Gasteiger charge is -2.27. The van der Waals surface area contributed by atoms with Gasteiger partial charge in [-0.3, -0.25) is 33.7 Å². The van der Waals surface area contributed by atoms with Crippen LogP contribution in [0.1, 0.15) is 55.8 Å². The van der Waals surface area contributed by atoms with Crippen molar-refractivity contribution in [3.63, 3.8) is 0 Å². The lowest BCUT2D eigenvalue weighted by molar-refractivity contribution is -0.132. The van der Waals surface area contributed by atoms with Gasteiger partial charge in [-0.1, -0.05) is 48.5 Å². The van der Waals surface area contributed by atoms with E-state index in [0.717, 1.165) is 27.2 Å². The van der Waals surface area contributed by atoms with Gasteiger partial charge in [-0.2, -0.15) is 9.58 Å². The van der Waals surface area contributed by atoms with Crippen LogP contribution >= 0.6 is 0 Å². The van der Waals surface area contributed by atoms with E-state index in [-0.39, 0.29) is 32.1 Å². The van der Waals surface area contributed by atoms with Crippen molar-refractivity contribution in [1.82, 2.24) is 15.5 Å². The molecule has 0 saturated carbocycles. The highest BCUT2D eigenvalue weighted by Crippen LogP contribution is 2.45. The molecule has 0 saturated heterocycles. The molecule has 0 bridgehead atoms. The van der Waals surface area contributed by atoms with Crippen molar-refractivity contribution in [3.05, 3.63) is 70.7 Å². The largest absolute Gasteiger partial charge is 0.436 e. The van der Waals surface area contributed by atoms with Crippen molar-refractivity contribution in [2.45, 2.75) is 62.8 Å². The molecule has 6 N–H and O–H groups in total. The Morgan fingerprint density at radius 1 is 0.776 bits per heavy atom. The lowest BCUT2D eigenvalue weighted by atomic mass is 10.0. The number of fused-ring (bicyclic) bond motifs is 3. The molecule has 0 heterocycles. The van der Waals surface area contributed by atoms with Crippen LogP contribution in [0.25, 0.3) is 22.2 Å². The van der Waals surface area contributed by atoms with Gasteiger partial charge in [-0.15, -0.1) is 0 Å². The van der Waals surface area contributed by atoms with Crippen LogP contribution in [-0.2, 0) is 33.5 Å². The van der Waals surface area contributed by atoms with E-state index in [9.17, 15) is 33.6 Å². The summed E-state index contributed by atoms with van der Waals surface area (Å²) >= 11 is 0. The topological polar surface area (TPSA) is 281 Å². The number of Topliss-reactive ketones (excluding diaryl/α,β-unsaturated/α-hetero) is 2. The third-order valence-electron chi connectivity index (χ3n) is 7.80. The van der Waals surface area contributed by atoms with E-state index in [1.54, 1.807) is 0 Å². The Morgan fingerprint density at radius 3 is 1.78 bits per heavy atom. The summed E-state index contributed by atoms with van der Waals surface area (Å²) in [5, 5.41) is 4.73. The van der Waals surface area contributed by atoms with Gasteiger partial charge in [-0.25, -0.2) is 4.79 Å². The molecule has 1 aliphatic rings. The molecule has 3 rings (SSSR count). The Kier molecular flexibility index (Phi) is 13.3. The van der Waals surface area contributed by atoms with Crippen molar-refractivity contribution in [2.75, 3.05) is 7.05 Å². The molecule has 0 fully saturated rings. The minimum atomic E-state index is -1.42. The molecular formula is C32H35N9O8. The van der Waals surface area contributed by atoms with Crippen LogP contribution in [0.2, 0.25) is 0 Å². The zero-order valence-electron chi connectivity index (χ0n) is 26.5. The SMILES string of the molecule is CN(C(=O)OC1c2ccccc2-c2ccccc21)[C@@H](CCC(=O)N[C@@H](CCC(=O)C=[N+]=[N-])C(=O)N[C@@H](CCC(=O)C=[N+]=[N-])C(N)=O)C(N)=O. The van der Waals surface area contributed by atoms with Crippen LogP contribution in [0, 0.1) is 0 Å². The van der Waals surface area contributed by atoms with Crippen molar-refractivity contribution in [1.29, 1.82) is 0 Å². The molecule has 5 amide bonds. The van der Waals surface area contributed by atoms with Crippen LogP contribution < -0.4 is 22.1 Å². The number of ketones is 2. The highest BCUT2D eigenvalue weighted by Gasteiger charge is 2.35. The average Bonchev–Trinajstić information content (AvgIpc) is 3.37. The van der Waals surface area contributed by atoms with Crippen LogP contribution in [0.4, 0.5) is 4.79 Å². The maximum Gasteiger partial charge on any atom is 0.411 e. The highest BCUT2D eigenvalue weighted by molar-refractivity contribution is 6.25. The first kappa shape index (κ1) is 37.2. The average molecular weight is 674 g/mol. The van der Waals surface area contributed by atoms with Crippen molar-refractivity contribution in [2.24, 2.45) is 11.5 Å². The summed E-state index contributed by atoms with van der Waals surface area (Å²) in [6.07, 6.45) is -2.33. The quantitative estimate of drug-likeness (QED) is 0.0962. The second-order valence-electron chi connectivity index (χ2n) is 11.1. The van der Waals surface area contributed by atoms with Gasteiger partial charge in [0.15, 0.2) is 6.10 Å². The standard InChI is InChI=1S/C32H35N9O8/c1-41(32(48)49-28-22-8-4-2-6-20(22)21-7-3-5-9-23(21)28)26(30(34)46)14-15-27(44)39-25(13-11-19(43)17-38-36)31(47)40-24(29(33)45)12-10-18(42)16-37-35/h2-9,16-17,24-26,28H,10-15H2,1H3,(H2,33,45)(H2,34,46)(H,39,44)(H,40,47)/t24-,25-,26-/m0/s1. The molecule has 0 aromatic heterocycles. The first-order chi connectivity index (χ1) is 23.4. The monoisotopic (exact) mass is 673 g/mol. The van der Waals surface area contributed by atoms with E-state index in [2.05, 4.69) is 20.2 Å². The van der Waals surface area contributed by atoms with Gasteiger partial charge in [0.25, 0.3) is 0 Å². The number of primary amides is 2. The summed E-state index contributed by atoms with van der Waals surface area (Å²) < 4.78 is 5.83. The Balaban J connectivity index is 1.68. The molecule has 2 aromatic rings. The van der Waals surface area contributed by atoms with Crippen LogP contribution in [0.5, 0.6) is 0 Å². The first-order valence-corrected chi connectivity index (χ1v) is 15.1. The maximum atomic E-state index is 13.3. The van der Waals surface area contributed by atoms with Crippen LogP contribution in [0.15, 0.2) is 48.5 Å². The number of carbonyl (C=O) groups is 7. The minimum absolute atomic E-state index is 0.260. The number of hydrogen-bond acceptors (Lipinski definition) is 8. The van der Waals surface area contributed by atoms with E-state index in [1.807, 2.05) is 48.5 Å². The fourth-order valence-corrected chi connectivity index (χ4v) is 5.27. The number of rotatable bonds is 18. The fraction of sp³-hybridized carbons (Fsp3) is 0.344. The molecule has 1 aliphatic carbocycles. The van der Waals surface area contributed by atoms with Crippen LogP contribution in [-0.4, -0.2) is 93.4 Å². The molecular weight excluding hydrogens is 638 g/mol. The normalized spacial score (nSPS) is 13.1. The lowest BCUT2D eigenvalue weighted by Crippen LogP contribution is -2.53.